The summed E-state index contributed by atoms with van der Waals surface area (Å²) < 4.78 is 13.4. The Morgan fingerprint density at radius 1 is 1.41 bits per heavy atom. The van der Waals surface area contributed by atoms with Crippen molar-refractivity contribution in [2.45, 2.75) is 6.92 Å². The molecule has 114 valence electrons. The molecule has 1 aromatic carbocycles. The fourth-order valence-corrected chi connectivity index (χ4v) is 2.94. The number of thiazole rings is 1. The third kappa shape index (κ3) is 3.21. The monoisotopic (exact) mass is 316 g/mol. The maximum Gasteiger partial charge on any atom is 0.268 e. The van der Waals surface area contributed by atoms with Crippen molar-refractivity contribution in [3.8, 4) is 17.6 Å². The van der Waals surface area contributed by atoms with E-state index in [1.54, 1.807) is 26.3 Å². The van der Waals surface area contributed by atoms with Crippen LogP contribution in [0.4, 0.5) is 0 Å². The summed E-state index contributed by atoms with van der Waals surface area (Å²) in [6, 6.07) is 7.43. The molecule has 0 radical (unpaired) electrons. The lowest BCUT2D eigenvalue weighted by atomic mass is 10.2. The minimum absolute atomic E-state index is 0.125. The van der Waals surface area contributed by atoms with Crippen LogP contribution in [0.1, 0.15) is 12.5 Å². The van der Waals surface area contributed by atoms with Crippen LogP contribution in [0, 0.1) is 11.3 Å². The molecule has 0 atom stereocenters. The molecule has 6 heteroatoms. The van der Waals surface area contributed by atoms with Crippen molar-refractivity contribution < 1.29 is 9.47 Å². The summed E-state index contributed by atoms with van der Waals surface area (Å²) in [6.45, 7) is 2.43. The third-order valence-electron chi connectivity index (χ3n) is 3.03. The molecule has 0 amide bonds. The molecule has 0 saturated heterocycles. The number of hydrogen-bond acceptors (Lipinski definition) is 5. The van der Waals surface area contributed by atoms with Crippen LogP contribution in [0.5, 0.6) is 11.5 Å². The Morgan fingerprint density at radius 3 is 2.82 bits per heavy atom. The minimum Gasteiger partial charge on any atom is -0.493 e. The van der Waals surface area contributed by atoms with Crippen LogP contribution in [-0.2, 0) is 7.05 Å². The van der Waals surface area contributed by atoms with Gasteiger partial charge in [0, 0.05) is 13.1 Å². The smallest absolute Gasteiger partial charge is 0.268 e. The molecule has 0 aliphatic heterocycles. The van der Waals surface area contributed by atoms with E-state index in [0.717, 1.165) is 5.56 Å². The Morgan fingerprint density at radius 2 is 2.18 bits per heavy atom. The molecule has 0 fully saturated rings. The van der Waals surface area contributed by atoms with Gasteiger partial charge < -0.3 is 14.0 Å². The van der Waals surface area contributed by atoms with Crippen molar-refractivity contribution in [3.05, 3.63) is 43.3 Å². The van der Waals surface area contributed by atoms with Crippen LogP contribution in [0.3, 0.4) is 0 Å². The summed E-state index contributed by atoms with van der Waals surface area (Å²) in [4.78, 5) is 12.2. The molecule has 0 aliphatic carbocycles. The molecule has 5 nitrogen and oxygen atoms in total. The molecule has 2 rings (SSSR count). The van der Waals surface area contributed by atoms with E-state index in [2.05, 4.69) is 0 Å². The second-order valence-electron chi connectivity index (χ2n) is 4.43. The second kappa shape index (κ2) is 6.96. The Kier molecular flexibility index (Phi) is 5.02. The summed E-state index contributed by atoms with van der Waals surface area (Å²) in [5.41, 5.74) is 0.715. The Bertz CT molecular complexity index is 888. The molecule has 0 bridgehead atoms. The quantitative estimate of drug-likeness (QED) is 0.844. The van der Waals surface area contributed by atoms with E-state index in [4.69, 9.17) is 14.7 Å². The van der Waals surface area contributed by atoms with Gasteiger partial charge in [0.2, 0.25) is 0 Å². The van der Waals surface area contributed by atoms with Crippen LogP contribution >= 0.6 is 11.3 Å². The van der Waals surface area contributed by atoms with Gasteiger partial charge in [0.25, 0.3) is 5.56 Å². The van der Waals surface area contributed by atoms with Gasteiger partial charge in [-0.3, -0.25) is 4.79 Å². The first-order valence-corrected chi connectivity index (χ1v) is 7.50. The number of rotatable bonds is 4. The average Bonchev–Trinajstić information content (AvgIpc) is 2.77. The van der Waals surface area contributed by atoms with E-state index in [-0.39, 0.29) is 5.56 Å². The highest BCUT2D eigenvalue weighted by molar-refractivity contribution is 7.07. The predicted octanol–water partition coefficient (Wildman–Crippen LogP) is 0.987. The van der Waals surface area contributed by atoms with E-state index in [1.165, 1.54) is 22.0 Å². The molecule has 1 heterocycles. The lowest BCUT2D eigenvalue weighted by molar-refractivity contribution is 0.311. The summed E-state index contributed by atoms with van der Waals surface area (Å²) in [6.07, 6.45) is 3.15. The van der Waals surface area contributed by atoms with Gasteiger partial charge in [-0.25, -0.2) is 0 Å². The highest BCUT2D eigenvalue weighted by Crippen LogP contribution is 2.28. The number of nitrogens with zero attached hydrogens (tertiary/aromatic N) is 2. The van der Waals surface area contributed by atoms with Crippen LogP contribution in [-0.4, -0.2) is 18.3 Å². The summed E-state index contributed by atoms with van der Waals surface area (Å²) in [5.74, 6) is 1.28. The minimum atomic E-state index is -0.125. The molecule has 1 aromatic heterocycles. The van der Waals surface area contributed by atoms with E-state index < -0.39 is 0 Å². The molecular formula is C16H16N2O3S. The molecule has 0 unspecified atom stereocenters. The number of benzene rings is 1. The summed E-state index contributed by atoms with van der Waals surface area (Å²) in [7, 11) is 3.24. The van der Waals surface area contributed by atoms with Gasteiger partial charge in [-0.1, -0.05) is 6.07 Å². The Hall–Kier alpha value is -2.52. The lowest BCUT2D eigenvalue weighted by Crippen LogP contribution is -2.28. The van der Waals surface area contributed by atoms with Crippen molar-refractivity contribution in [1.82, 2.24) is 4.57 Å². The normalized spacial score (nSPS) is 12.3. The van der Waals surface area contributed by atoms with Crippen molar-refractivity contribution >= 4 is 23.5 Å². The summed E-state index contributed by atoms with van der Waals surface area (Å²) >= 11 is 1.28. The van der Waals surface area contributed by atoms with E-state index >= 15 is 0 Å². The number of ether oxygens (including phenoxy) is 2. The standard InChI is InChI=1S/C16H16N2O3S/c1-4-21-13-9-11(5-6-12(13)20-3)10-14-16(19)18(2)15(22-14)7-8-17/h5-7,9-10H,4H2,1-3H3/b14-10-,15-7-. The van der Waals surface area contributed by atoms with Gasteiger partial charge in [0.1, 0.15) is 4.66 Å². The first-order valence-electron chi connectivity index (χ1n) is 6.69. The molecule has 22 heavy (non-hydrogen) atoms. The van der Waals surface area contributed by atoms with Gasteiger partial charge in [-0.2, -0.15) is 5.26 Å². The molecule has 0 aliphatic rings. The van der Waals surface area contributed by atoms with Crippen LogP contribution < -0.4 is 24.2 Å². The highest BCUT2D eigenvalue weighted by Gasteiger charge is 2.05. The van der Waals surface area contributed by atoms with Gasteiger partial charge in [-0.05, 0) is 30.7 Å². The van der Waals surface area contributed by atoms with Gasteiger partial charge in [0.05, 0.1) is 24.3 Å². The average molecular weight is 316 g/mol. The maximum atomic E-state index is 12.2. The third-order valence-corrected chi connectivity index (χ3v) is 4.15. The molecule has 2 aromatic rings. The van der Waals surface area contributed by atoms with Crippen LogP contribution in [0.15, 0.2) is 23.0 Å². The molecular weight excluding hydrogens is 300 g/mol. The van der Waals surface area contributed by atoms with Crippen molar-refractivity contribution in [3.63, 3.8) is 0 Å². The SMILES string of the molecule is CCOc1cc(/C=c2\s/c(=C\C#N)n(C)c2=O)ccc1OC. The summed E-state index contributed by atoms with van der Waals surface area (Å²) in [5, 5.41) is 8.73. The van der Waals surface area contributed by atoms with Gasteiger partial charge >= 0.3 is 0 Å². The second-order valence-corrected chi connectivity index (χ2v) is 5.49. The van der Waals surface area contributed by atoms with Gasteiger partial charge in [-0.15, -0.1) is 11.3 Å². The van der Waals surface area contributed by atoms with Crippen molar-refractivity contribution in [2.24, 2.45) is 7.05 Å². The first kappa shape index (κ1) is 15.9. The molecule has 0 spiro atoms. The number of methoxy groups -OCH3 is 1. The fraction of sp³-hybridized carbons (Fsp3) is 0.250. The van der Waals surface area contributed by atoms with Gasteiger partial charge in [0.15, 0.2) is 11.5 Å². The Labute approximate surface area is 132 Å². The van der Waals surface area contributed by atoms with Crippen LogP contribution in [0.2, 0.25) is 0 Å². The fourth-order valence-electron chi connectivity index (χ4n) is 1.97. The maximum absolute atomic E-state index is 12.2. The molecule has 0 N–H and O–H groups in total. The number of nitriles is 1. The predicted molar refractivity (Wildman–Crippen MR) is 86.6 cm³/mol. The molecule has 0 saturated carbocycles. The largest absolute Gasteiger partial charge is 0.493 e. The zero-order valence-electron chi connectivity index (χ0n) is 12.6. The zero-order chi connectivity index (χ0) is 16.1. The highest BCUT2D eigenvalue weighted by atomic mass is 32.1. The number of aromatic nitrogens is 1. The Balaban J connectivity index is 2.57. The van der Waals surface area contributed by atoms with Crippen LogP contribution in [0.25, 0.3) is 12.2 Å². The van der Waals surface area contributed by atoms with E-state index in [9.17, 15) is 4.79 Å². The lowest BCUT2D eigenvalue weighted by Gasteiger charge is -2.09. The van der Waals surface area contributed by atoms with E-state index in [0.29, 0.717) is 27.3 Å². The van der Waals surface area contributed by atoms with Crippen molar-refractivity contribution in [1.29, 1.82) is 5.26 Å². The number of hydrogen-bond donors (Lipinski definition) is 0. The first-order chi connectivity index (χ1) is 10.6. The van der Waals surface area contributed by atoms with Crippen molar-refractivity contribution in [2.75, 3.05) is 13.7 Å². The topological polar surface area (TPSA) is 64.2 Å². The zero-order valence-corrected chi connectivity index (χ0v) is 13.4. The van der Waals surface area contributed by atoms with E-state index in [1.807, 2.05) is 25.1 Å².